The first-order valence-corrected chi connectivity index (χ1v) is 8.26. The molecule has 0 unspecified atom stereocenters. The van der Waals surface area contributed by atoms with E-state index in [-0.39, 0.29) is 17.5 Å². The smallest absolute Gasteiger partial charge is 0.269 e. The van der Waals surface area contributed by atoms with Crippen molar-refractivity contribution in [3.63, 3.8) is 0 Å². The average Bonchev–Trinajstić information content (AvgIpc) is 2.79. The summed E-state index contributed by atoms with van der Waals surface area (Å²) in [5.74, 6) is 0.123. The average molecular weight is 335 g/mol. The summed E-state index contributed by atoms with van der Waals surface area (Å²) in [6, 6.07) is 13.9. The van der Waals surface area contributed by atoms with Gasteiger partial charge in [0.15, 0.2) is 5.78 Å². The van der Waals surface area contributed by atoms with Crippen LogP contribution in [0, 0.1) is 10.1 Å². The lowest BCUT2D eigenvalue weighted by Crippen LogP contribution is -2.23. The molecular weight excluding hydrogens is 318 g/mol. The van der Waals surface area contributed by atoms with Crippen LogP contribution in [0.4, 0.5) is 17.1 Å². The molecule has 1 aliphatic heterocycles. The highest BCUT2D eigenvalue weighted by Crippen LogP contribution is 2.40. The molecule has 1 aliphatic carbocycles. The molecule has 0 spiro atoms. The van der Waals surface area contributed by atoms with E-state index in [1.165, 1.54) is 12.1 Å². The molecule has 0 radical (unpaired) electrons. The van der Waals surface area contributed by atoms with Gasteiger partial charge in [0.05, 0.1) is 22.3 Å². The number of nitro benzene ring substituents is 1. The predicted octanol–water partition coefficient (Wildman–Crippen LogP) is 4.18. The van der Waals surface area contributed by atoms with Crippen LogP contribution in [0.15, 0.2) is 59.8 Å². The molecule has 126 valence electrons. The summed E-state index contributed by atoms with van der Waals surface area (Å²) in [4.78, 5) is 23.1. The van der Waals surface area contributed by atoms with Gasteiger partial charge < -0.3 is 10.6 Å². The van der Waals surface area contributed by atoms with E-state index >= 15 is 0 Å². The van der Waals surface area contributed by atoms with E-state index < -0.39 is 4.92 Å². The van der Waals surface area contributed by atoms with Crippen LogP contribution in [0.5, 0.6) is 0 Å². The van der Waals surface area contributed by atoms with Crippen molar-refractivity contribution in [2.75, 3.05) is 10.6 Å². The number of non-ortho nitro benzene ring substituents is 1. The molecular formula is C19H17N3O3. The number of ketones is 1. The number of benzene rings is 2. The topological polar surface area (TPSA) is 84.3 Å². The van der Waals surface area contributed by atoms with Gasteiger partial charge in [-0.1, -0.05) is 12.1 Å². The Balaban J connectivity index is 1.82. The molecule has 0 bridgehead atoms. The molecule has 6 nitrogen and oxygen atoms in total. The van der Waals surface area contributed by atoms with Crippen LogP contribution in [0.3, 0.4) is 0 Å². The van der Waals surface area contributed by atoms with Crippen molar-refractivity contribution in [1.29, 1.82) is 0 Å². The van der Waals surface area contributed by atoms with Crippen LogP contribution in [-0.2, 0) is 4.79 Å². The maximum Gasteiger partial charge on any atom is 0.269 e. The fraction of sp³-hybridized carbons (Fsp3) is 0.211. The number of nitrogens with zero attached hydrogens (tertiary/aromatic N) is 1. The van der Waals surface area contributed by atoms with Crippen LogP contribution < -0.4 is 10.6 Å². The SMILES string of the molecule is O=C1CCCC2=C1[C@@H](c1ccc([N+](=O)[O-])cc1)Nc1ccccc1N2. The van der Waals surface area contributed by atoms with Crippen molar-refractivity contribution < 1.29 is 9.72 Å². The molecule has 0 aromatic heterocycles. The second kappa shape index (κ2) is 6.05. The van der Waals surface area contributed by atoms with Gasteiger partial charge in [-0.15, -0.1) is 0 Å². The largest absolute Gasteiger partial charge is 0.372 e. The molecule has 1 atom stereocenters. The lowest BCUT2D eigenvalue weighted by molar-refractivity contribution is -0.384. The van der Waals surface area contributed by atoms with E-state index in [9.17, 15) is 14.9 Å². The first-order valence-electron chi connectivity index (χ1n) is 8.26. The Kier molecular flexibility index (Phi) is 3.72. The standard InChI is InChI=1S/C19H17N3O3/c23-17-7-3-6-16-18(17)19(12-8-10-13(11-9-12)22(24)25)21-15-5-2-1-4-14(15)20-16/h1-2,4-5,8-11,19-21H,3,6-7H2/t19-/m1/s1. The van der Waals surface area contributed by atoms with Crippen molar-refractivity contribution in [1.82, 2.24) is 0 Å². The highest BCUT2D eigenvalue weighted by Gasteiger charge is 2.32. The van der Waals surface area contributed by atoms with Crippen molar-refractivity contribution >= 4 is 22.8 Å². The van der Waals surface area contributed by atoms with Crippen LogP contribution in [0.2, 0.25) is 0 Å². The zero-order valence-corrected chi connectivity index (χ0v) is 13.5. The molecule has 2 aromatic carbocycles. The molecule has 4 rings (SSSR count). The van der Waals surface area contributed by atoms with E-state index in [1.807, 2.05) is 24.3 Å². The Morgan fingerprint density at radius 3 is 2.44 bits per heavy atom. The van der Waals surface area contributed by atoms with Crippen LogP contribution >= 0.6 is 0 Å². The summed E-state index contributed by atoms with van der Waals surface area (Å²) in [5, 5.41) is 17.8. The van der Waals surface area contributed by atoms with Crippen LogP contribution in [-0.4, -0.2) is 10.7 Å². The maximum atomic E-state index is 12.6. The number of carbonyl (C=O) groups is 1. The molecule has 0 saturated carbocycles. The Bertz CT molecular complexity index is 887. The number of fused-ring (bicyclic) bond motifs is 1. The summed E-state index contributed by atoms with van der Waals surface area (Å²) in [6.45, 7) is 0. The molecule has 6 heteroatoms. The Hall–Kier alpha value is -3.15. The fourth-order valence-corrected chi connectivity index (χ4v) is 3.48. The number of hydrogen-bond acceptors (Lipinski definition) is 5. The van der Waals surface area contributed by atoms with Gasteiger partial charge in [-0.05, 0) is 42.7 Å². The minimum absolute atomic E-state index is 0.0417. The second-order valence-electron chi connectivity index (χ2n) is 6.27. The van der Waals surface area contributed by atoms with E-state index in [2.05, 4.69) is 10.6 Å². The third-order valence-electron chi connectivity index (χ3n) is 4.69. The fourth-order valence-electron chi connectivity index (χ4n) is 3.48. The number of nitrogens with one attached hydrogen (secondary N) is 2. The molecule has 2 aliphatic rings. The second-order valence-corrected chi connectivity index (χ2v) is 6.27. The predicted molar refractivity (Wildman–Crippen MR) is 95.4 cm³/mol. The molecule has 0 amide bonds. The number of anilines is 2. The van der Waals surface area contributed by atoms with Crippen LogP contribution in [0.25, 0.3) is 0 Å². The first-order chi connectivity index (χ1) is 12.1. The number of para-hydroxylation sites is 2. The summed E-state index contributed by atoms with van der Waals surface area (Å²) in [6.07, 6.45) is 2.18. The number of Topliss-reactive ketones (excluding diaryl/α,β-unsaturated/α-hetero) is 1. The number of hydrogen-bond donors (Lipinski definition) is 2. The zero-order valence-electron chi connectivity index (χ0n) is 13.5. The van der Waals surface area contributed by atoms with Crippen molar-refractivity contribution in [2.45, 2.75) is 25.3 Å². The zero-order chi connectivity index (χ0) is 17.4. The van der Waals surface area contributed by atoms with Gasteiger partial charge >= 0.3 is 0 Å². The van der Waals surface area contributed by atoms with Crippen molar-refractivity contribution in [2.24, 2.45) is 0 Å². The van der Waals surface area contributed by atoms with E-state index in [1.54, 1.807) is 12.1 Å². The first kappa shape index (κ1) is 15.4. The van der Waals surface area contributed by atoms with E-state index in [0.29, 0.717) is 6.42 Å². The van der Waals surface area contributed by atoms with Gasteiger partial charge in [0.1, 0.15) is 0 Å². The molecule has 0 fully saturated rings. The van der Waals surface area contributed by atoms with Crippen LogP contribution in [0.1, 0.15) is 30.9 Å². The van der Waals surface area contributed by atoms with Gasteiger partial charge in [0.2, 0.25) is 0 Å². The van der Waals surface area contributed by atoms with Gasteiger partial charge in [-0.2, -0.15) is 0 Å². The number of allylic oxidation sites excluding steroid dienone is 1. The van der Waals surface area contributed by atoms with E-state index in [4.69, 9.17) is 0 Å². The van der Waals surface area contributed by atoms with Gasteiger partial charge in [0.25, 0.3) is 5.69 Å². The molecule has 2 N–H and O–H groups in total. The number of nitro groups is 1. The minimum atomic E-state index is -0.419. The Morgan fingerprint density at radius 1 is 1.00 bits per heavy atom. The maximum absolute atomic E-state index is 12.6. The minimum Gasteiger partial charge on any atom is -0.372 e. The summed E-state index contributed by atoms with van der Waals surface area (Å²) < 4.78 is 0. The molecule has 1 heterocycles. The summed E-state index contributed by atoms with van der Waals surface area (Å²) in [7, 11) is 0. The quantitative estimate of drug-likeness (QED) is 0.635. The third kappa shape index (κ3) is 2.76. The van der Waals surface area contributed by atoms with Crippen molar-refractivity contribution in [3.8, 4) is 0 Å². The lowest BCUT2D eigenvalue weighted by Gasteiger charge is -2.25. The highest BCUT2D eigenvalue weighted by molar-refractivity contribution is 6.00. The molecule has 0 saturated heterocycles. The Labute approximate surface area is 144 Å². The van der Waals surface area contributed by atoms with Gasteiger partial charge in [0, 0.05) is 29.8 Å². The van der Waals surface area contributed by atoms with Gasteiger partial charge in [-0.25, -0.2) is 0 Å². The van der Waals surface area contributed by atoms with Crippen molar-refractivity contribution in [3.05, 3.63) is 75.5 Å². The summed E-state index contributed by atoms with van der Waals surface area (Å²) in [5.41, 5.74) is 4.41. The molecule has 2 aromatic rings. The molecule has 25 heavy (non-hydrogen) atoms. The van der Waals surface area contributed by atoms with E-state index in [0.717, 1.165) is 41.1 Å². The lowest BCUT2D eigenvalue weighted by atomic mass is 9.86. The normalized spacial score (nSPS) is 19.2. The van der Waals surface area contributed by atoms with Gasteiger partial charge in [-0.3, -0.25) is 14.9 Å². The third-order valence-corrected chi connectivity index (χ3v) is 4.69. The Morgan fingerprint density at radius 2 is 1.72 bits per heavy atom. The number of rotatable bonds is 2. The monoisotopic (exact) mass is 335 g/mol. The highest BCUT2D eigenvalue weighted by atomic mass is 16.6. The number of carbonyl (C=O) groups excluding carboxylic acids is 1. The summed E-state index contributed by atoms with van der Waals surface area (Å²) >= 11 is 0.